The highest BCUT2D eigenvalue weighted by Crippen LogP contribution is 2.46. The first kappa shape index (κ1) is 38.8. The third kappa shape index (κ3) is 6.16. The Kier molecular flexibility index (Phi) is 8.79. The van der Waals surface area contributed by atoms with Gasteiger partial charge in [-0.15, -0.1) is 0 Å². The molecule has 14 aromatic rings. The number of nitrogens with zero attached hydrogens (tertiary/aromatic N) is 6. The molecule has 6 nitrogen and oxygen atoms in total. The Labute approximate surface area is 397 Å². The van der Waals surface area contributed by atoms with Crippen molar-refractivity contribution in [1.29, 1.82) is 0 Å². The highest BCUT2D eigenvalue weighted by Gasteiger charge is 2.27. The van der Waals surface area contributed by atoms with Gasteiger partial charge in [-0.25, -0.2) is 4.98 Å². The first-order chi connectivity index (χ1) is 34.2. The largest absolute Gasteiger partial charge is 0.309 e. The number of para-hydroxylation sites is 5. The van der Waals surface area contributed by atoms with Crippen LogP contribution in [0.1, 0.15) is 0 Å². The molecular weight excluding hydrogens is 841 g/mol. The number of benzene rings is 10. The highest BCUT2D eigenvalue weighted by atomic mass is 15.2. The minimum absolute atomic E-state index is 0.532. The lowest BCUT2D eigenvalue weighted by molar-refractivity contribution is 0.950. The monoisotopic (exact) mass is 880 g/mol. The molecule has 0 aliphatic carbocycles. The Balaban J connectivity index is 1.13. The van der Waals surface area contributed by atoms with Gasteiger partial charge in [-0.3, -0.25) is 4.57 Å². The van der Waals surface area contributed by atoms with Crippen LogP contribution in [0.4, 0.5) is 0 Å². The summed E-state index contributed by atoms with van der Waals surface area (Å²) < 4.78 is 7.18. The summed E-state index contributed by atoms with van der Waals surface area (Å²) in [6.07, 6.45) is 0. The second-order valence-corrected chi connectivity index (χ2v) is 17.6. The number of hydrogen-bond acceptors (Lipinski definition) is 3. The van der Waals surface area contributed by atoms with E-state index in [0.29, 0.717) is 17.6 Å². The van der Waals surface area contributed by atoms with Gasteiger partial charge in [-0.2, -0.15) is 9.97 Å². The van der Waals surface area contributed by atoms with E-state index >= 15 is 0 Å². The fraction of sp³-hybridized carbons (Fsp3) is 0. The van der Waals surface area contributed by atoms with Crippen molar-refractivity contribution < 1.29 is 0 Å². The molecule has 10 aromatic carbocycles. The maximum atomic E-state index is 5.51. The number of aromatic nitrogens is 6. The molecule has 0 aliphatic heterocycles. The van der Waals surface area contributed by atoms with E-state index in [1.165, 1.54) is 16.2 Å². The van der Waals surface area contributed by atoms with Gasteiger partial charge in [0.1, 0.15) is 0 Å². The van der Waals surface area contributed by atoms with Gasteiger partial charge in [0.05, 0.1) is 38.8 Å². The highest BCUT2D eigenvalue weighted by molar-refractivity contribution is 6.28. The summed E-state index contributed by atoms with van der Waals surface area (Å²) >= 11 is 0. The molecule has 0 bridgehead atoms. The molecule has 4 heterocycles. The second-order valence-electron chi connectivity index (χ2n) is 17.6. The van der Waals surface area contributed by atoms with Crippen molar-refractivity contribution in [3.05, 3.63) is 243 Å². The molecule has 0 saturated carbocycles. The van der Waals surface area contributed by atoms with Crippen molar-refractivity contribution in [1.82, 2.24) is 28.7 Å². The van der Waals surface area contributed by atoms with E-state index in [9.17, 15) is 0 Å². The van der Waals surface area contributed by atoms with Crippen molar-refractivity contribution in [2.45, 2.75) is 0 Å². The Morgan fingerprint density at radius 2 is 0.638 bits per heavy atom. The van der Waals surface area contributed by atoms with Crippen molar-refractivity contribution in [2.24, 2.45) is 0 Å². The molecule has 0 radical (unpaired) electrons. The first-order valence-corrected chi connectivity index (χ1v) is 23.4. The molecule has 0 aliphatic rings. The minimum atomic E-state index is 0.532. The molecule has 69 heavy (non-hydrogen) atoms. The van der Waals surface area contributed by atoms with Crippen LogP contribution in [0.15, 0.2) is 243 Å². The molecule has 322 valence electrons. The molecule has 4 aromatic heterocycles. The van der Waals surface area contributed by atoms with Crippen LogP contribution in [0.25, 0.3) is 128 Å². The van der Waals surface area contributed by atoms with Gasteiger partial charge in [-0.1, -0.05) is 200 Å². The van der Waals surface area contributed by atoms with Gasteiger partial charge < -0.3 is 9.13 Å². The second kappa shape index (κ2) is 15.6. The quantitative estimate of drug-likeness (QED) is 0.160. The van der Waals surface area contributed by atoms with Gasteiger partial charge in [0.15, 0.2) is 11.6 Å². The summed E-state index contributed by atoms with van der Waals surface area (Å²) in [4.78, 5) is 16.3. The van der Waals surface area contributed by atoms with Crippen molar-refractivity contribution in [3.63, 3.8) is 0 Å². The lowest BCUT2D eigenvalue weighted by Crippen LogP contribution is -2.08. The predicted molar refractivity (Wildman–Crippen MR) is 285 cm³/mol. The zero-order chi connectivity index (χ0) is 45.4. The van der Waals surface area contributed by atoms with E-state index in [0.717, 1.165) is 94.0 Å². The SMILES string of the molecule is c1ccc(-c2ccc(-c3nc(-c4ccc(-c5ccccc5)cc4)nc(-n4c5ccccc5c5c4c(-n4c6ccccc6c6ccccc64)cc4c6ccccc6n(-c6ccccc6)c45)n3)cc2)cc1. The zero-order valence-electron chi connectivity index (χ0n) is 37.3. The number of fused-ring (bicyclic) bond motifs is 10. The van der Waals surface area contributed by atoms with E-state index in [1.54, 1.807) is 0 Å². The molecule has 0 amide bonds. The maximum Gasteiger partial charge on any atom is 0.238 e. The summed E-state index contributed by atoms with van der Waals surface area (Å²) in [6.45, 7) is 0. The molecule has 6 heteroatoms. The van der Waals surface area contributed by atoms with E-state index in [2.05, 4.69) is 244 Å². The van der Waals surface area contributed by atoms with Gasteiger partial charge in [0.2, 0.25) is 5.95 Å². The summed E-state index contributed by atoms with van der Waals surface area (Å²) in [5.74, 6) is 1.71. The molecular formula is C63H40N6. The van der Waals surface area contributed by atoms with Gasteiger partial charge in [0.25, 0.3) is 0 Å². The molecule has 0 unspecified atom stereocenters. The lowest BCUT2D eigenvalue weighted by atomic mass is 10.0. The van der Waals surface area contributed by atoms with Crippen LogP contribution in [0.5, 0.6) is 0 Å². The van der Waals surface area contributed by atoms with Crippen molar-refractivity contribution >= 4 is 65.4 Å². The summed E-state index contributed by atoms with van der Waals surface area (Å²) in [6, 6.07) is 86.2. The molecule has 14 rings (SSSR count). The molecule has 0 spiro atoms. The van der Waals surface area contributed by atoms with Crippen LogP contribution in [-0.2, 0) is 0 Å². The Hall–Kier alpha value is -9.39. The van der Waals surface area contributed by atoms with E-state index in [4.69, 9.17) is 15.0 Å². The Bertz CT molecular complexity index is 4110. The normalized spacial score (nSPS) is 11.8. The van der Waals surface area contributed by atoms with Crippen LogP contribution in [0.2, 0.25) is 0 Å². The Morgan fingerprint density at radius 3 is 1.14 bits per heavy atom. The predicted octanol–water partition coefficient (Wildman–Crippen LogP) is 15.8. The maximum absolute atomic E-state index is 5.51. The smallest absolute Gasteiger partial charge is 0.238 e. The van der Waals surface area contributed by atoms with Crippen LogP contribution in [-0.4, -0.2) is 28.7 Å². The van der Waals surface area contributed by atoms with Gasteiger partial charge in [0, 0.05) is 49.1 Å². The van der Waals surface area contributed by atoms with Crippen LogP contribution in [0, 0.1) is 0 Å². The average Bonchev–Trinajstić information content (AvgIpc) is 4.07. The zero-order valence-corrected chi connectivity index (χ0v) is 37.3. The van der Waals surface area contributed by atoms with Crippen LogP contribution in [0.3, 0.4) is 0 Å². The van der Waals surface area contributed by atoms with Crippen molar-refractivity contribution in [2.75, 3.05) is 0 Å². The molecule has 0 saturated heterocycles. The van der Waals surface area contributed by atoms with Gasteiger partial charge in [-0.05, 0) is 64.7 Å². The third-order valence-corrected chi connectivity index (χ3v) is 13.7. The summed E-state index contributed by atoms with van der Waals surface area (Å²) in [5.41, 5.74) is 15.0. The number of hydrogen-bond donors (Lipinski definition) is 0. The third-order valence-electron chi connectivity index (χ3n) is 13.7. The number of rotatable bonds is 7. The fourth-order valence-corrected chi connectivity index (χ4v) is 10.6. The van der Waals surface area contributed by atoms with E-state index in [1.807, 2.05) is 12.1 Å². The molecule has 0 N–H and O–H groups in total. The topological polar surface area (TPSA) is 53.5 Å². The minimum Gasteiger partial charge on any atom is -0.309 e. The van der Waals surface area contributed by atoms with Crippen LogP contribution < -0.4 is 0 Å². The first-order valence-electron chi connectivity index (χ1n) is 23.4. The average molecular weight is 881 g/mol. The standard InChI is InChI=1S/C63H40N6/c1-4-18-41(19-5-1)43-32-36-45(37-33-43)61-64-62(46-38-34-44(35-39-46)42-20-6-2-7-21-42)66-63(65-61)69-56-31-17-13-27-51(56)58-59-52(50-26-12-14-28-53(50)67(59)47-22-8-3-9-23-47)40-57(60(58)69)68-54-29-15-10-24-48(54)49-25-11-16-30-55(49)68/h1-40H. The summed E-state index contributed by atoms with van der Waals surface area (Å²) in [7, 11) is 0. The van der Waals surface area contributed by atoms with Crippen molar-refractivity contribution in [3.8, 4) is 62.4 Å². The summed E-state index contributed by atoms with van der Waals surface area (Å²) in [5, 5.41) is 6.94. The Morgan fingerprint density at radius 1 is 0.261 bits per heavy atom. The molecule has 0 fully saturated rings. The lowest BCUT2D eigenvalue weighted by Gasteiger charge is -2.16. The fourth-order valence-electron chi connectivity index (χ4n) is 10.6. The van der Waals surface area contributed by atoms with E-state index in [-0.39, 0.29) is 0 Å². The van der Waals surface area contributed by atoms with E-state index < -0.39 is 0 Å². The van der Waals surface area contributed by atoms with Gasteiger partial charge >= 0.3 is 0 Å². The van der Waals surface area contributed by atoms with Crippen LogP contribution >= 0.6 is 0 Å². The molecule has 0 atom stereocenters.